The van der Waals surface area contributed by atoms with Gasteiger partial charge in [0.25, 0.3) is 0 Å². The quantitative estimate of drug-likeness (QED) is 0.675. The van der Waals surface area contributed by atoms with E-state index in [1.54, 1.807) is 0 Å². The van der Waals surface area contributed by atoms with Crippen LogP contribution in [0.3, 0.4) is 0 Å². The fourth-order valence-electron chi connectivity index (χ4n) is 2.36. The Hall–Kier alpha value is -0.715. The van der Waals surface area contributed by atoms with Crippen LogP contribution in [-0.4, -0.2) is 7.28 Å². The first-order valence-corrected chi connectivity index (χ1v) is 8.12. The van der Waals surface area contributed by atoms with Crippen LogP contribution in [-0.2, 0) is 6.42 Å². The summed E-state index contributed by atoms with van der Waals surface area (Å²) in [6.07, 6.45) is 5.29. The van der Waals surface area contributed by atoms with Crippen molar-refractivity contribution in [2.45, 2.75) is 67.1 Å². The summed E-state index contributed by atoms with van der Waals surface area (Å²) in [5, 5.41) is 0. The van der Waals surface area contributed by atoms with E-state index in [2.05, 4.69) is 67.0 Å². The molecule has 1 aliphatic carbocycles. The molecule has 1 saturated carbocycles. The number of benzene rings is 1. The fourth-order valence-corrected chi connectivity index (χ4v) is 2.36. The molecule has 1 aromatic rings. The maximum absolute atomic E-state index is 2.46. The molecule has 0 saturated heterocycles. The first kappa shape index (κ1) is 15.7. The average molecular weight is 269 g/mol. The zero-order valence-electron chi connectivity index (χ0n) is 14.2. The molecule has 109 valence electrons. The average Bonchev–Trinajstić information content (AvgIpc) is 3.12. The molecule has 1 fully saturated rings. The Morgan fingerprint density at radius 3 is 2.30 bits per heavy atom. The van der Waals surface area contributed by atoms with Gasteiger partial charge in [0.15, 0.2) is 7.28 Å². The molecule has 0 spiro atoms. The number of hydrogen-bond acceptors (Lipinski definition) is 0. The van der Waals surface area contributed by atoms with Gasteiger partial charge in [0.05, 0.1) is 0 Å². The predicted molar refractivity (Wildman–Crippen MR) is 91.0 cm³/mol. The largest absolute Gasteiger partial charge is 0.152 e. The minimum atomic E-state index is 0.325. The summed E-state index contributed by atoms with van der Waals surface area (Å²) in [6.45, 7) is 14.0. The topological polar surface area (TPSA) is 0 Å². The Balaban J connectivity index is 2.04. The number of rotatable bonds is 5. The minimum Gasteiger partial charge on any atom is -0.0847 e. The lowest BCUT2D eigenvalue weighted by Crippen LogP contribution is -2.33. The van der Waals surface area contributed by atoms with Crippen LogP contribution in [0, 0.1) is 23.7 Å². The van der Waals surface area contributed by atoms with Crippen molar-refractivity contribution < 1.29 is 0 Å². The van der Waals surface area contributed by atoms with Crippen LogP contribution < -0.4 is 5.46 Å². The van der Waals surface area contributed by atoms with Gasteiger partial charge in [-0.15, -0.1) is 0 Å². The van der Waals surface area contributed by atoms with E-state index in [-0.39, 0.29) is 0 Å². The van der Waals surface area contributed by atoms with Crippen molar-refractivity contribution in [3.05, 3.63) is 29.3 Å². The van der Waals surface area contributed by atoms with Gasteiger partial charge in [-0.05, 0) is 48.5 Å². The van der Waals surface area contributed by atoms with E-state index in [0.717, 1.165) is 12.2 Å². The van der Waals surface area contributed by atoms with Crippen molar-refractivity contribution in [2.75, 3.05) is 0 Å². The van der Waals surface area contributed by atoms with E-state index in [1.807, 2.05) is 0 Å². The first-order chi connectivity index (χ1) is 9.19. The highest BCUT2D eigenvalue weighted by molar-refractivity contribution is 6.54. The third-order valence-electron chi connectivity index (χ3n) is 5.43. The van der Waals surface area contributed by atoms with Crippen molar-refractivity contribution in [2.24, 2.45) is 16.7 Å². The third kappa shape index (κ3) is 3.90. The van der Waals surface area contributed by atoms with Crippen molar-refractivity contribution in [3.63, 3.8) is 0 Å². The molecule has 0 unspecified atom stereocenters. The van der Waals surface area contributed by atoms with Gasteiger partial charge in [-0.1, -0.05) is 70.2 Å². The molecule has 1 aromatic carbocycles. The van der Waals surface area contributed by atoms with Gasteiger partial charge in [-0.2, -0.15) is 0 Å². The number of aryl methyl sites for hydroxylation is 1. The third-order valence-corrected chi connectivity index (χ3v) is 5.43. The van der Waals surface area contributed by atoms with Gasteiger partial charge >= 0.3 is 0 Å². The minimum absolute atomic E-state index is 0.325. The van der Waals surface area contributed by atoms with Gasteiger partial charge in [-0.3, -0.25) is 0 Å². The zero-order valence-corrected chi connectivity index (χ0v) is 14.2. The molecule has 0 atom stereocenters. The predicted octanol–water partition coefficient (Wildman–Crippen LogP) is 4.77. The molecule has 0 aliphatic heterocycles. The molecule has 0 heterocycles. The van der Waals surface area contributed by atoms with E-state index < -0.39 is 0 Å². The lowest BCUT2D eigenvalue weighted by atomic mass is 9.52. The summed E-state index contributed by atoms with van der Waals surface area (Å²) >= 11 is 0. The Labute approximate surface area is 126 Å². The van der Waals surface area contributed by atoms with Crippen LogP contribution in [0.4, 0.5) is 0 Å². The molecule has 1 radical (unpaired) electrons. The van der Waals surface area contributed by atoms with Crippen LogP contribution in [0.2, 0.25) is 6.32 Å². The van der Waals surface area contributed by atoms with Crippen molar-refractivity contribution in [1.82, 2.24) is 0 Å². The second-order valence-electron chi connectivity index (χ2n) is 8.38. The van der Waals surface area contributed by atoms with Crippen LogP contribution in [0.5, 0.6) is 0 Å². The molecule has 0 bridgehead atoms. The lowest BCUT2D eigenvalue weighted by Gasteiger charge is -2.39. The summed E-state index contributed by atoms with van der Waals surface area (Å²) in [4.78, 5) is 0. The van der Waals surface area contributed by atoms with Gasteiger partial charge < -0.3 is 0 Å². The first-order valence-electron chi connectivity index (χ1n) is 8.12. The Morgan fingerprint density at radius 1 is 1.10 bits per heavy atom. The number of hydrogen-bond donors (Lipinski definition) is 0. The van der Waals surface area contributed by atoms with Crippen molar-refractivity contribution in [3.8, 4) is 0 Å². The summed E-state index contributed by atoms with van der Waals surface area (Å²) in [5.41, 5.74) is 5.04. The molecule has 1 aliphatic rings. The normalized spacial score (nSPS) is 16.3. The smallest absolute Gasteiger partial charge is 0.0847 e. The highest BCUT2D eigenvalue weighted by Crippen LogP contribution is 2.40. The standard InChI is InChI=1S/C19H30B/c1-14-7-8-16(11-15-9-10-15)12-17(14)20-13-19(5,6)18(2,3)4/h7-8,12,15H,9-11,13H2,1-6H3. The van der Waals surface area contributed by atoms with Gasteiger partial charge in [0.2, 0.25) is 0 Å². The van der Waals surface area contributed by atoms with Crippen LogP contribution in [0.1, 0.15) is 58.6 Å². The van der Waals surface area contributed by atoms with E-state index in [4.69, 9.17) is 0 Å². The molecular weight excluding hydrogens is 239 g/mol. The fraction of sp³-hybridized carbons (Fsp3) is 0.684. The summed E-state index contributed by atoms with van der Waals surface area (Å²) < 4.78 is 0. The van der Waals surface area contributed by atoms with E-state index in [9.17, 15) is 0 Å². The molecule has 2 rings (SSSR count). The Bertz CT molecular complexity index is 461. The maximum atomic E-state index is 2.46. The molecule has 0 N–H and O–H groups in total. The molecule has 0 aromatic heterocycles. The zero-order chi connectivity index (χ0) is 15.0. The van der Waals surface area contributed by atoms with E-state index in [1.165, 1.54) is 35.9 Å². The van der Waals surface area contributed by atoms with Crippen molar-refractivity contribution in [1.29, 1.82) is 0 Å². The SMILES string of the molecule is Cc1ccc(CC2CC2)cc1[B]CC(C)(C)C(C)(C)C. The van der Waals surface area contributed by atoms with Gasteiger partial charge in [-0.25, -0.2) is 0 Å². The van der Waals surface area contributed by atoms with Crippen LogP contribution in [0.15, 0.2) is 18.2 Å². The maximum Gasteiger partial charge on any atom is 0.152 e. The highest BCUT2D eigenvalue weighted by atomic mass is 14.3. The van der Waals surface area contributed by atoms with E-state index >= 15 is 0 Å². The van der Waals surface area contributed by atoms with Gasteiger partial charge in [0.1, 0.15) is 0 Å². The van der Waals surface area contributed by atoms with Gasteiger partial charge in [0, 0.05) is 0 Å². The van der Waals surface area contributed by atoms with Crippen molar-refractivity contribution >= 4 is 12.7 Å². The summed E-state index contributed by atoms with van der Waals surface area (Å²) in [5.74, 6) is 0.969. The van der Waals surface area contributed by atoms with Crippen LogP contribution >= 0.6 is 0 Å². The second-order valence-corrected chi connectivity index (χ2v) is 8.38. The Kier molecular flexibility index (Phi) is 4.37. The molecule has 1 heteroatoms. The summed E-state index contributed by atoms with van der Waals surface area (Å²) in [7, 11) is 2.46. The second kappa shape index (κ2) is 5.58. The monoisotopic (exact) mass is 269 g/mol. The summed E-state index contributed by atoms with van der Waals surface area (Å²) in [6, 6.07) is 7.04. The van der Waals surface area contributed by atoms with E-state index in [0.29, 0.717) is 10.8 Å². The Morgan fingerprint density at radius 2 is 1.75 bits per heavy atom. The molecular formula is C19H30B. The molecule has 0 amide bonds. The molecule has 0 nitrogen and oxygen atoms in total. The highest BCUT2D eigenvalue weighted by Gasteiger charge is 2.32. The lowest BCUT2D eigenvalue weighted by molar-refractivity contribution is 0.157. The van der Waals surface area contributed by atoms with Crippen LogP contribution in [0.25, 0.3) is 0 Å². The molecule has 20 heavy (non-hydrogen) atoms.